The third-order valence-corrected chi connectivity index (χ3v) is 5.62. The van der Waals surface area contributed by atoms with Crippen LogP contribution in [0.25, 0.3) is 0 Å². The molecule has 27 heavy (non-hydrogen) atoms. The Hall–Kier alpha value is -2.19. The Balaban J connectivity index is 1.67. The summed E-state index contributed by atoms with van der Waals surface area (Å²) in [6, 6.07) is 4.67. The summed E-state index contributed by atoms with van der Waals surface area (Å²) in [5.74, 6) is 0.0825. The van der Waals surface area contributed by atoms with Crippen molar-refractivity contribution in [2.75, 3.05) is 51.9 Å². The second-order valence-electron chi connectivity index (χ2n) is 7.32. The molecule has 0 saturated carbocycles. The number of nitrogens with zero attached hydrogens (tertiary/aromatic N) is 3. The maximum Gasteiger partial charge on any atom is 0.340 e. The Morgan fingerprint density at radius 1 is 1.37 bits per heavy atom. The van der Waals surface area contributed by atoms with Gasteiger partial charge in [-0.25, -0.2) is 4.79 Å². The lowest BCUT2D eigenvalue weighted by molar-refractivity contribution is -0.384. The van der Waals surface area contributed by atoms with Gasteiger partial charge in [-0.05, 0) is 31.2 Å². The van der Waals surface area contributed by atoms with E-state index in [1.54, 1.807) is 6.07 Å². The Labute approximate surface area is 159 Å². The van der Waals surface area contributed by atoms with Gasteiger partial charge in [0.25, 0.3) is 5.69 Å². The summed E-state index contributed by atoms with van der Waals surface area (Å²) in [4.78, 5) is 27.3. The lowest BCUT2D eigenvalue weighted by atomic mass is 9.99. The number of hydrogen-bond donors (Lipinski definition) is 0. The number of carbonyl (C=O) groups excluding carboxylic acids is 1. The van der Waals surface area contributed by atoms with Gasteiger partial charge >= 0.3 is 5.97 Å². The minimum absolute atomic E-state index is 0.110. The largest absolute Gasteiger partial charge is 0.465 e. The van der Waals surface area contributed by atoms with E-state index in [4.69, 9.17) is 9.47 Å². The maximum atomic E-state index is 12.2. The van der Waals surface area contributed by atoms with Gasteiger partial charge in [-0.3, -0.25) is 10.1 Å². The zero-order valence-electron chi connectivity index (χ0n) is 15.9. The molecule has 0 unspecified atom stereocenters. The van der Waals surface area contributed by atoms with Crippen molar-refractivity contribution in [3.63, 3.8) is 0 Å². The van der Waals surface area contributed by atoms with Gasteiger partial charge in [-0.15, -0.1) is 0 Å². The summed E-state index contributed by atoms with van der Waals surface area (Å²) in [5.41, 5.74) is 0.802. The molecular formula is C19H27N3O5. The van der Waals surface area contributed by atoms with E-state index >= 15 is 0 Å². The first-order valence-electron chi connectivity index (χ1n) is 9.39. The molecule has 0 radical (unpaired) electrons. The number of likely N-dealkylation sites (tertiary alicyclic amines) is 1. The molecule has 0 spiro atoms. The lowest BCUT2D eigenvalue weighted by Crippen LogP contribution is -2.45. The standard InChI is InChI=1S/C19H27N3O5/c1-20(15-5-8-21(9-6-15)12-14-7-10-27-13-14)18-4-3-16(22(24)25)11-17(18)19(23)26-2/h3-4,11,14-15H,5-10,12-13H2,1-2H3/t14-/m0/s1. The van der Waals surface area contributed by atoms with Crippen LogP contribution in [0.5, 0.6) is 0 Å². The molecule has 0 N–H and O–H groups in total. The van der Waals surface area contributed by atoms with Gasteiger partial charge in [0.05, 0.1) is 29.9 Å². The van der Waals surface area contributed by atoms with Crippen molar-refractivity contribution in [2.24, 2.45) is 5.92 Å². The van der Waals surface area contributed by atoms with Gasteiger partial charge in [0.1, 0.15) is 0 Å². The van der Waals surface area contributed by atoms with E-state index in [-0.39, 0.29) is 17.3 Å². The number of non-ortho nitro benzene ring substituents is 1. The second-order valence-corrected chi connectivity index (χ2v) is 7.32. The minimum atomic E-state index is -0.556. The number of methoxy groups -OCH3 is 1. The third-order valence-electron chi connectivity index (χ3n) is 5.62. The van der Waals surface area contributed by atoms with Crippen molar-refractivity contribution in [3.8, 4) is 0 Å². The zero-order valence-corrected chi connectivity index (χ0v) is 15.9. The van der Waals surface area contributed by atoms with Crippen LogP contribution in [-0.4, -0.2) is 68.8 Å². The summed E-state index contributed by atoms with van der Waals surface area (Å²) in [5, 5.41) is 11.1. The normalized spacial score (nSPS) is 21.2. The number of piperidine rings is 1. The first-order valence-corrected chi connectivity index (χ1v) is 9.39. The number of ether oxygens (including phenoxy) is 2. The van der Waals surface area contributed by atoms with Crippen LogP contribution in [0.15, 0.2) is 18.2 Å². The fourth-order valence-corrected chi connectivity index (χ4v) is 4.00. The quantitative estimate of drug-likeness (QED) is 0.427. The highest BCUT2D eigenvalue weighted by Crippen LogP contribution is 2.29. The van der Waals surface area contributed by atoms with Crippen molar-refractivity contribution in [3.05, 3.63) is 33.9 Å². The molecule has 0 amide bonds. The van der Waals surface area contributed by atoms with E-state index < -0.39 is 10.9 Å². The molecule has 2 aliphatic heterocycles. The van der Waals surface area contributed by atoms with Gasteiger partial charge in [0, 0.05) is 51.5 Å². The predicted molar refractivity (Wildman–Crippen MR) is 101 cm³/mol. The Bertz CT molecular complexity index is 682. The van der Waals surface area contributed by atoms with E-state index in [1.807, 2.05) is 7.05 Å². The number of hydrogen-bond acceptors (Lipinski definition) is 7. The SMILES string of the molecule is COC(=O)c1cc([N+](=O)[O-])ccc1N(C)C1CCN(C[C@@H]2CCOC2)CC1. The predicted octanol–water partition coefficient (Wildman–Crippen LogP) is 2.32. The van der Waals surface area contributed by atoms with Crippen LogP contribution in [-0.2, 0) is 9.47 Å². The van der Waals surface area contributed by atoms with Gasteiger partial charge in [0.15, 0.2) is 0 Å². The number of rotatable bonds is 6. The molecule has 8 heteroatoms. The topological polar surface area (TPSA) is 85.1 Å². The number of carbonyl (C=O) groups is 1. The molecule has 3 rings (SSSR count). The van der Waals surface area contributed by atoms with E-state index in [0.717, 1.165) is 52.1 Å². The average Bonchev–Trinajstić information content (AvgIpc) is 3.20. The highest BCUT2D eigenvalue weighted by molar-refractivity contribution is 5.96. The Morgan fingerprint density at radius 2 is 2.11 bits per heavy atom. The van der Waals surface area contributed by atoms with Crippen LogP contribution < -0.4 is 4.90 Å². The number of benzene rings is 1. The van der Waals surface area contributed by atoms with Crippen LogP contribution >= 0.6 is 0 Å². The van der Waals surface area contributed by atoms with Crippen molar-refractivity contribution in [1.29, 1.82) is 0 Å². The van der Waals surface area contributed by atoms with Crippen molar-refractivity contribution in [1.82, 2.24) is 4.90 Å². The summed E-state index contributed by atoms with van der Waals surface area (Å²) in [6.07, 6.45) is 3.12. The molecule has 2 saturated heterocycles. The fourth-order valence-electron chi connectivity index (χ4n) is 4.00. The van der Waals surface area contributed by atoms with E-state index in [9.17, 15) is 14.9 Å². The smallest absolute Gasteiger partial charge is 0.340 e. The third kappa shape index (κ3) is 4.56. The van der Waals surface area contributed by atoms with Gasteiger partial charge in [0.2, 0.25) is 0 Å². The number of nitro groups is 1. The highest BCUT2D eigenvalue weighted by Gasteiger charge is 2.28. The van der Waals surface area contributed by atoms with Gasteiger partial charge < -0.3 is 19.3 Å². The molecule has 8 nitrogen and oxygen atoms in total. The Kier molecular flexibility index (Phi) is 6.28. The number of anilines is 1. The van der Waals surface area contributed by atoms with Crippen molar-refractivity contribution >= 4 is 17.3 Å². The molecule has 2 heterocycles. The lowest BCUT2D eigenvalue weighted by Gasteiger charge is -2.39. The van der Waals surface area contributed by atoms with E-state index in [0.29, 0.717) is 11.6 Å². The van der Waals surface area contributed by atoms with Gasteiger partial charge in [-0.1, -0.05) is 0 Å². The molecule has 148 valence electrons. The molecule has 1 atom stereocenters. The van der Waals surface area contributed by atoms with Crippen molar-refractivity contribution in [2.45, 2.75) is 25.3 Å². The van der Waals surface area contributed by atoms with Crippen molar-refractivity contribution < 1.29 is 19.2 Å². The summed E-state index contributed by atoms with van der Waals surface area (Å²) >= 11 is 0. The molecule has 0 bridgehead atoms. The maximum absolute atomic E-state index is 12.2. The summed E-state index contributed by atoms with van der Waals surface area (Å²) in [7, 11) is 3.23. The number of nitro benzene ring substituents is 1. The molecule has 2 fully saturated rings. The summed E-state index contributed by atoms with van der Waals surface area (Å²) in [6.45, 7) is 4.84. The zero-order chi connectivity index (χ0) is 19.4. The van der Waals surface area contributed by atoms with Crippen LogP contribution in [0.4, 0.5) is 11.4 Å². The minimum Gasteiger partial charge on any atom is -0.465 e. The monoisotopic (exact) mass is 377 g/mol. The average molecular weight is 377 g/mol. The van der Waals surface area contributed by atoms with Crippen LogP contribution in [0.3, 0.4) is 0 Å². The van der Waals surface area contributed by atoms with E-state index in [2.05, 4.69) is 9.80 Å². The number of esters is 1. The fraction of sp³-hybridized carbons (Fsp3) is 0.632. The van der Waals surface area contributed by atoms with Crippen LogP contribution in [0.1, 0.15) is 29.6 Å². The second kappa shape index (κ2) is 8.67. The molecule has 1 aromatic carbocycles. The molecular weight excluding hydrogens is 350 g/mol. The van der Waals surface area contributed by atoms with Gasteiger partial charge in [-0.2, -0.15) is 0 Å². The van der Waals surface area contributed by atoms with Crippen LogP contribution in [0.2, 0.25) is 0 Å². The molecule has 2 aliphatic rings. The first kappa shape index (κ1) is 19.6. The Morgan fingerprint density at radius 3 is 2.70 bits per heavy atom. The molecule has 0 aliphatic carbocycles. The first-order chi connectivity index (χ1) is 13.0. The van der Waals surface area contributed by atoms with Crippen LogP contribution in [0, 0.1) is 16.0 Å². The summed E-state index contributed by atoms with van der Waals surface area (Å²) < 4.78 is 10.3. The molecule has 1 aromatic rings. The molecule has 0 aromatic heterocycles. The highest BCUT2D eigenvalue weighted by atomic mass is 16.6. The van der Waals surface area contributed by atoms with E-state index in [1.165, 1.54) is 19.2 Å².